The fraction of sp³-hybridized carbons (Fsp3) is 0.0667. The highest BCUT2D eigenvalue weighted by molar-refractivity contribution is 5.97. The number of phenols is 2. The van der Waals surface area contributed by atoms with Gasteiger partial charge in [-0.3, -0.25) is 4.79 Å². The van der Waals surface area contributed by atoms with Crippen LogP contribution >= 0.6 is 0 Å². The summed E-state index contributed by atoms with van der Waals surface area (Å²) >= 11 is 0. The van der Waals surface area contributed by atoms with Crippen molar-refractivity contribution in [3.8, 4) is 11.5 Å². The summed E-state index contributed by atoms with van der Waals surface area (Å²) in [6, 6.07) is 10.4. The minimum absolute atomic E-state index is 0.0327. The second-order valence-electron chi connectivity index (χ2n) is 4.39. The van der Waals surface area contributed by atoms with Crippen molar-refractivity contribution in [3.05, 3.63) is 59.7 Å². The van der Waals surface area contributed by atoms with Gasteiger partial charge >= 0.3 is 5.97 Å². The molecular weight excluding hydrogens is 274 g/mol. The summed E-state index contributed by atoms with van der Waals surface area (Å²) in [5.41, 5.74) is 0.386. The zero-order valence-corrected chi connectivity index (χ0v) is 10.9. The lowest BCUT2D eigenvalue weighted by Gasteiger charge is -2.15. The average Bonchev–Trinajstić information content (AvgIpc) is 2.44. The van der Waals surface area contributed by atoms with Gasteiger partial charge in [0.2, 0.25) is 0 Å². The molecule has 0 aliphatic rings. The topological polar surface area (TPSA) is 107 Å². The standard InChI is InChI=1S/C15H13NO5/c17-11-6-10(7-12(18)8-11)14(19)16-13(15(20)21)9-4-2-1-3-5-9/h1-8,13,17-18H,(H,16,19)(H,20,21). The summed E-state index contributed by atoms with van der Waals surface area (Å²) in [5, 5.41) is 30.3. The van der Waals surface area contributed by atoms with Crippen molar-refractivity contribution in [2.24, 2.45) is 0 Å². The van der Waals surface area contributed by atoms with E-state index in [9.17, 15) is 24.9 Å². The van der Waals surface area contributed by atoms with E-state index in [1.54, 1.807) is 30.3 Å². The number of rotatable bonds is 4. The quantitative estimate of drug-likeness (QED) is 0.684. The van der Waals surface area contributed by atoms with Crippen molar-refractivity contribution in [1.82, 2.24) is 5.32 Å². The van der Waals surface area contributed by atoms with Crippen LogP contribution in [-0.4, -0.2) is 27.2 Å². The maximum Gasteiger partial charge on any atom is 0.330 e. The molecule has 0 spiro atoms. The van der Waals surface area contributed by atoms with Crippen molar-refractivity contribution >= 4 is 11.9 Å². The molecule has 4 N–H and O–H groups in total. The van der Waals surface area contributed by atoms with Crippen molar-refractivity contribution in [2.75, 3.05) is 0 Å². The van der Waals surface area contributed by atoms with Gasteiger partial charge in [-0.15, -0.1) is 0 Å². The molecule has 2 aromatic carbocycles. The Hall–Kier alpha value is -3.02. The minimum atomic E-state index is -1.22. The third kappa shape index (κ3) is 3.50. The second kappa shape index (κ2) is 5.96. The van der Waals surface area contributed by atoms with Gasteiger partial charge in [-0.05, 0) is 17.7 Å². The molecule has 6 heteroatoms. The number of carboxylic acid groups (broad SMARTS) is 1. The highest BCUT2D eigenvalue weighted by Gasteiger charge is 2.22. The number of carboxylic acids is 1. The lowest BCUT2D eigenvalue weighted by molar-refractivity contribution is -0.139. The van der Waals surface area contributed by atoms with Crippen LogP contribution in [0, 0.1) is 0 Å². The smallest absolute Gasteiger partial charge is 0.330 e. The van der Waals surface area contributed by atoms with Crippen LogP contribution in [0.15, 0.2) is 48.5 Å². The summed E-state index contributed by atoms with van der Waals surface area (Å²) < 4.78 is 0. The number of aromatic hydroxyl groups is 2. The molecule has 2 aromatic rings. The molecule has 0 aliphatic carbocycles. The molecule has 0 aliphatic heterocycles. The highest BCUT2D eigenvalue weighted by atomic mass is 16.4. The van der Waals surface area contributed by atoms with Crippen LogP contribution in [0.3, 0.4) is 0 Å². The molecule has 2 rings (SSSR count). The number of phenolic OH excluding ortho intramolecular Hbond substituents is 2. The third-order valence-corrected chi connectivity index (χ3v) is 2.82. The predicted octanol–water partition coefficient (Wildman–Crippen LogP) is 1.65. The summed E-state index contributed by atoms with van der Waals surface area (Å²) in [7, 11) is 0. The molecule has 0 saturated carbocycles. The number of carbonyl (C=O) groups excluding carboxylic acids is 1. The molecule has 6 nitrogen and oxygen atoms in total. The second-order valence-corrected chi connectivity index (χ2v) is 4.39. The maximum absolute atomic E-state index is 12.0. The van der Waals surface area contributed by atoms with Crippen LogP contribution in [0.1, 0.15) is 22.0 Å². The summed E-state index contributed by atoms with van der Waals surface area (Å²) in [6.07, 6.45) is 0. The molecule has 0 aromatic heterocycles. The van der Waals surface area contributed by atoms with Gasteiger partial charge in [0.05, 0.1) is 0 Å². The van der Waals surface area contributed by atoms with Gasteiger partial charge < -0.3 is 20.6 Å². The normalized spacial score (nSPS) is 11.6. The Morgan fingerprint density at radius 2 is 1.52 bits per heavy atom. The number of hydrogen-bond donors (Lipinski definition) is 4. The van der Waals surface area contributed by atoms with Crippen LogP contribution in [0.25, 0.3) is 0 Å². The molecule has 0 fully saturated rings. The van der Waals surface area contributed by atoms with Crippen LogP contribution in [0.5, 0.6) is 11.5 Å². The fourth-order valence-electron chi connectivity index (χ4n) is 1.87. The molecule has 108 valence electrons. The van der Waals surface area contributed by atoms with E-state index in [0.717, 1.165) is 18.2 Å². The monoisotopic (exact) mass is 287 g/mol. The van der Waals surface area contributed by atoms with Crippen molar-refractivity contribution < 1.29 is 24.9 Å². The summed E-state index contributed by atoms with van der Waals surface area (Å²) in [6.45, 7) is 0. The van der Waals surface area contributed by atoms with Gasteiger partial charge in [0.25, 0.3) is 5.91 Å². The number of hydrogen-bond acceptors (Lipinski definition) is 4. The Kier molecular flexibility index (Phi) is 4.08. The fourth-order valence-corrected chi connectivity index (χ4v) is 1.87. The van der Waals surface area contributed by atoms with E-state index in [2.05, 4.69) is 5.32 Å². The summed E-state index contributed by atoms with van der Waals surface area (Å²) in [4.78, 5) is 23.3. The van der Waals surface area contributed by atoms with Gasteiger partial charge in [0.1, 0.15) is 11.5 Å². The third-order valence-electron chi connectivity index (χ3n) is 2.82. The Labute approximate surface area is 120 Å². The molecular formula is C15H13NO5. The molecule has 21 heavy (non-hydrogen) atoms. The van der Waals surface area contributed by atoms with Crippen LogP contribution in [-0.2, 0) is 4.79 Å². The lowest BCUT2D eigenvalue weighted by Crippen LogP contribution is -2.33. The van der Waals surface area contributed by atoms with Gasteiger partial charge in [-0.2, -0.15) is 0 Å². The summed E-state index contributed by atoms with van der Waals surface area (Å²) in [5.74, 6) is -2.49. The molecule has 1 amide bonds. The van der Waals surface area contributed by atoms with E-state index in [1.807, 2.05) is 0 Å². The first-order chi connectivity index (χ1) is 9.97. The average molecular weight is 287 g/mol. The number of nitrogens with one attached hydrogen (secondary N) is 1. The van der Waals surface area contributed by atoms with E-state index < -0.39 is 17.9 Å². The Bertz CT molecular complexity index is 649. The highest BCUT2D eigenvalue weighted by Crippen LogP contribution is 2.21. The molecule has 0 saturated heterocycles. The first-order valence-electron chi connectivity index (χ1n) is 6.09. The SMILES string of the molecule is O=C(NC(C(=O)O)c1ccccc1)c1cc(O)cc(O)c1. The van der Waals surface area contributed by atoms with Crippen LogP contribution < -0.4 is 5.32 Å². The first-order valence-corrected chi connectivity index (χ1v) is 6.09. The van der Waals surface area contributed by atoms with E-state index in [0.29, 0.717) is 5.56 Å². The molecule has 1 atom stereocenters. The van der Waals surface area contributed by atoms with E-state index in [-0.39, 0.29) is 17.1 Å². The Morgan fingerprint density at radius 3 is 2.05 bits per heavy atom. The van der Waals surface area contributed by atoms with Crippen LogP contribution in [0.2, 0.25) is 0 Å². The zero-order valence-electron chi connectivity index (χ0n) is 10.9. The molecule has 1 unspecified atom stereocenters. The molecule has 0 bridgehead atoms. The van der Waals surface area contributed by atoms with E-state index >= 15 is 0 Å². The first kappa shape index (κ1) is 14.4. The van der Waals surface area contributed by atoms with Gasteiger partial charge in [-0.1, -0.05) is 30.3 Å². The van der Waals surface area contributed by atoms with Crippen molar-refractivity contribution in [1.29, 1.82) is 0 Å². The Balaban J connectivity index is 2.25. The number of benzene rings is 2. The van der Waals surface area contributed by atoms with Gasteiger partial charge in [-0.25, -0.2) is 4.79 Å². The lowest BCUT2D eigenvalue weighted by atomic mass is 10.1. The number of amides is 1. The van der Waals surface area contributed by atoms with E-state index in [1.165, 1.54) is 0 Å². The maximum atomic E-state index is 12.0. The zero-order chi connectivity index (χ0) is 15.4. The van der Waals surface area contributed by atoms with Gasteiger partial charge in [0, 0.05) is 11.6 Å². The number of aliphatic carboxylic acids is 1. The molecule has 0 heterocycles. The molecule has 0 radical (unpaired) electrons. The minimum Gasteiger partial charge on any atom is -0.508 e. The van der Waals surface area contributed by atoms with Crippen molar-refractivity contribution in [3.63, 3.8) is 0 Å². The van der Waals surface area contributed by atoms with E-state index in [4.69, 9.17) is 0 Å². The van der Waals surface area contributed by atoms with Crippen LogP contribution in [0.4, 0.5) is 0 Å². The number of carbonyl (C=O) groups is 2. The van der Waals surface area contributed by atoms with Gasteiger partial charge in [0.15, 0.2) is 6.04 Å². The Morgan fingerprint density at radius 1 is 0.952 bits per heavy atom. The predicted molar refractivity (Wildman–Crippen MR) is 74.1 cm³/mol. The van der Waals surface area contributed by atoms with Crippen molar-refractivity contribution in [2.45, 2.75) is 6.04 Å². The largest absolute Gasteiger partial charge is 0.508 e.